The highest BCUT2D eigenvalue weighted by atomic mass is 32.2. The lowest BCUT2D eigenvalue weighted by Gasteiger charge is -2.26. The SMILES string of the molecule is O=C(CSc1ncnc2c1cnn2-c1ccccc1)NC(=O)NCC1COc2ccccc2O1. The van der Waals surface area contributed by atoms with E-state index in [2.05, 4.69) is 25.7 Å². The van der Waals surface area contributed by atoms with Gasteiger partial charge in [0, 0.05) is 0 Å². The molecule has 0 saturated heterocycles. The minimum atomic E-state index is -0.599. The quantitative estimate of drug-likeness (QED) is 0.322. The molecule has 1 atom stereocenters. The number of thioether (sulfide) groups is 1. The number of rotatable bonds is 6. The van der Waals surface area contributed by atoms with E-state index in [0.29, 0.717) is 28.8 Å². The molecule has 2 aromatic heterocycles. The van der Waals surface area contributed by atoms with Crippen LogP contribution in [-0.4, -0.2) is 56.7 Å². The summed E-state index contributed by atoms with van der Waals surface area (Å²) in [6, 6.07) is 16.3. The Balaban J connectivity index is 1.13. The van der Waals surface area contributed by atoms with Gasteiger partial charge in [-0.15, -0.1) is 0 Å². The second-order valence-electron chi connectivity index (χ2n) is 7.35. The third-order valence-corrected chi connectivity index (χ3v) is 5.99. The third kappa shape index (κ3) is 4.79. The molecule has 0 radical (unpaired) electrons. The summed E-state index contributed by atoms with van der Waals surface area (Å²) in [5, 5.41) is 10.7. The van der Waals surface area contributed by atoms with E-state index < -0.39 is 11.9 Å². The Morgan fingerprint density at radius 2 is 1.85 bits per heavy atom. The van der Waals surface area contributed by atoms with Gasteiger partial charge in [-0.3, -0.25) is 10.1 Å². The number of imide groups is 1. The van der Waals surface area contributed by atoms with E-state index in [0.717, 1.165) is 11.1 Å². The summed E-state index contributed by atoms with van der Waals surface area (Å²) >= 11 is 1.21. The Bertz CT molecular complexity index is 1330. The van der Waals surface area contributed by atoms with E-state index in [9.17, 15) is 9.59 Å². The van der Waals surface area contributed by atoms with Crippen molar-refractivity contribution in [3.63, 3.8) is 0 Å². The lowest BCUT2D eigenvalue weighted by molar-refractivity contribution is -0.117. The lowest BCUT2D eigenvalue weighted by atomic mass is 10.2. The molecule has 0 fully saturated rings. The van der Waals surface area contributed by atoms with Crippen molar-refractivity contribution in [1.29, 1.82) is 0 Å². The average Bonchev–Trinajstić information content (AvgIpc) is 3.31. The number of fused-ring (bicyclic) bond motifs is 2. The Labute approximate surface area is 198 Å². The number of nitrogens with zero attached hydrogens (tertiary/aromatic N) is 4. The molecule has 172 valence electrons. The van der Waals surface area contributed by atoms with Crippen molar-refractivity contribution in [2.75, 3.05) is 18.9 Å². The first-order valence-electron chi connectivity index (χ1n) is 10.5. The fourth-order valence-corrected chi connectivity index (χ4v) is 4.17. The number of carbonyl (C=O) groups excluding carboxylic acids is 2. The van der Waals surface area contributed by atoms with Gasteiger partial charge >= 0.3 is 6.03 Å². The predicted octanol–water partition coefficient (Wildman–Crippen LogP) is 2.57. The number of benzene rings is 2. The van der Waals surface area contributed by atoms with Gasteiger partial charge in [0.1, 0.15) is 18.0 Å². The van der Waals surface area contributed by atoms with Crippen LogP contribution in [-0.2, 0) is 4.79 Å². The highest BCUT2D eigenvalue weighted by Crippen LogP contribution is 2.30. The summed E-state index contributed by atoms with van der Waals surface area (Å²) in [6.07, 6.45) is 2.75. The molecule has 2 aromatic carbocycles. The van der Waals surface area contributed by atoms with Crippen molar-refractivity contribution in [3.8, 4) is 17.2 Å². The molecule has 5 rings (SSSR count). The number of para-hydroxylation sites is 3. The highest BCUT2D eigenvalue weighted by molar-refractivity contribution is 8.00. The molecular weight excluding hydrogens is 456 g/mol. The molecule has 0 bridgehead atoms. The topological polar surface area (TPSA) is 120 Å². The zero-order chi connectivity index (χ0) is 23.3. The normalized spacial score (nSPS) is 14.5. The van der Waals surface area contributed by atoms with Crippen LogP contribution in [0, 0.1) is 0 Å². The highest BCUT2D eigenvalue weighted by Gasteiger charge is 2.21. The Kier molecular flexibility index (Phi) is 6.25. The number of carbonyl (C=O) groups is 2. The minimum Gasteiger partial charge on any atom is -0.486 e. The number of nitrogens with one attached hydrogen (secondary N) is 2. The number of hydrogen-bond donors (Lipinski definition) is 2. The van der Waals surface area contributed by atoms with E-state index in [1.165, 1.54) is 18.1 Å². The maximum atomic E-state index is 12.3. The zero-order valence-corrected chi connectivity index (χ0v) is 18.7. The molecule has 1 unspecified atom stereocenters. The van der Waals surface area contributed by atoms with Crippen LogP contribution >= 0.6 is 11.8 Å². The Morgan fingerprint density at radius 1 is 1.06 bits per heavy atom. The monoisotopic (exact) mass is 476 g/mol. The van der Waals surface area contributed by atoms with Gasteiger partial charge in [-0.25, -0.2) is 19.4 Å². The van der Waals surface area contributed by atoms with Crippen molar-refractivity contribution < 1.29 is 19.1 Å². The second-order valence-corrected chi connectivity index (χ2v) is 8.32. The van der Waals surface area contributed by atoms with E-state index in [1.54, 1.807) is 16.9 Å². The summed E-state index contributed by atoms with van der Waals surface area (Å²) in [5.74, 6) is 0.853. The van der Waals surface area contributed by atoms with Crippen LogP contribution in [0.15, 0.2) is 72.1 Å². The molecule has 0 aliphatic carbocycles. The van der Waals surface area contributed by atoms with Crippen LogP contribution in [0.3, 0.4) is 0 Å². The van der Waals surface area contributed by atoms with Crippen LogP contribution < -0.4 is 20.1 Å². The maximum absolute atomic E-state index is 12.3. The smallest absolute Gasteiger partial charge is 0.321 e. The van der Waals surface area contributed by atoms with Gasteiger partial charge in [-0.2, -0.15) is 5.10 Å². The predicted molar refractivity (Wildman–Crippen MR) is 125 cm³/mol. The molecular formula is C23H20N6O4S. The number of hydrogen-bond acceptors (Lipinski definition) is 8. The summed E-state index contributed by atoms with van der Waals surface area (Å²) in [6.45, 7) is 0.507. The molecule has 10 nitrogen and oxygen atoms in total. The van der Waals surface area contributed by atoms with Crippen molar-refractivity contribution in [3.05, 3.63) is 67.1 Å². The van der Waals surface area contributed by atoms with Crippen molar-refractivity contribution in [2.24, 2.45) is 0 Å². The van der Waals surface area contributed by atoms with Crippen molar-refractivity contribution in [1.82, 2.24) is 30.4 Å². The largest absolute Gasteiger partial charge is 0.486 e. The fraction of sp³-hybridized carbons (Fsp3) is 0.174. The van der Waals surface area contributed by atoms with Crippen LogP contribution in [0.1, 0.15) is 0 Å². The first kappa shape index (κ1) is 21.7. The molecule has 1 aliphatic rings. The minimum absolute atomic E-state index is 0.00641. The van der Waals surface area contributed by atoms with Crippen LogP contribution in [0.4, 0.5) is 4.79 Å². The van der Waals surface area contributed by atoms with Gasteiger partial charge in [0.25, 0.3) is 0 Å². The van der Waals surface area contributed by atoms with Gasteiger partial charge in [-0.05, 0) is 24.3 Å². The standard InChI is InChI=1S/C23H20N6O4S/c30-20(28-23(31)24-10-16-12-32-18-8-4-5-9-19(18)33-16)13-34-22-17-11-27-29(21(17)25-14-26-22)15-6-2-1-3-7-15/h1-9,11,14,16H,10,12-13H2,(H2,24,28,30,31). The van der Waals surface area contributed by atoms with Crippen LogP contribution in [0.5, 0.6) is 11.5 Å². The average molecular weight is 477 g/mol. The van der Waals surface area contributed by atoms with E-state index in [-0.39, 0.29) is 18.4 Å². The van der Waals surface area contributed by atoms with Gasteiger partial charge < -0.3 is 14.8 Å². The van der Waals surface area contributed by atoms with Crippen molar-refractivity contribution in [2.45, 2.75) is 11.1 Å². The Hall–Kier alpha value is -4.12. The van der Waals surface area contributed by atoms with Crippen LogP contribution in [0.25, 0.3) is 16.7 Å². The van der Waals surface area contributed by atoms with Gasteiger partial charge in [0.05, 0.1) is 29.6 Å². The molecule has 1 aliphatic heterocycles. The third-order valence-electron chi connectivity index (χ3n) is 4.98. The number of amides is 3. The van der Waals surface area contributed by atoms with E-state index in [4.69, 9.17) is 9.47 Å². The molecule has 11 heteroatoms. The maximum Gasteiger partial charge on any atom is 0.321 e. The molecule has 2 N–H and O–H groups in total. The van der Waals surface area contributed by atoms with Gasteiger partial charge in [0.15, 0.2) is 23.3 Å². The van der Waals surface area contributed by atoms with E-state index in [1.807, 2.05) is 48.5 Å². The first-order valence-corrected chi connectivity index (χ1v) is 11.5. The Morgan fingerprint density at radius 3 is 2.71 bits per heavy atom. The number of ether oxygens (including phenoxy) is 2. The molecule has 0 saturated carbocycles. The van der Waals surface area contributed by atoms with Gasteiger partial charge in [-0.1, -0.05) is 42.1 Å². The van der Waals surface area contributed by atoms with Gasteiger partial charge in [0.2, 0.25) is 5.91 Å². The van der Waals surface area contributed by atoms with Crippen molar-refractivity contribution >= 4 is 34.7 Å². The summed E-state index contributed by atoms with van der Waals surface area (Å²) in [4.78, 5) is 33.0. The lowest BCUT2D eigenvalue weighted by Crippen LogP contribution is -2.46. The second kappa shape index (κ2) is 9.79. The van der Waals surface area contributed by atoms with E-state index >= 15 is 0 Å². The molecule has 4 aromatic rings. The summed E-state index contributed by atoms with van der Waals surface area (Å²) in [7, 11) is 0. The summed E-state index contributed by atoms with van der Waals surface area (Å²) in [5.41, 5.74) is 1.51. The number of aromatic nitrogens is 4. The molecule has 34 heavy (non-hydrogen) atoms. The number of urea groups is 1. The first-order chi connectivity index (χ1) is 16.7. The zero-order valence-electron chi connectivity index (χ0n) is 17.9. The fourth-order valence-electron chi connectivity index (χ4n) is 3.41. The van der Waals surface area contributed by atoms with Crippen LogP contribution in [0.2, 0.25) is 0 Å². The summed E-state index contributed by atoms with van der Waals surface area (Å²) < 4.78 is 13.1. The molecule has 3 heterocycles. The molecule has 0 spiro atoms. The molecule has 3 amide bonds.